The maximum atomic E-state index is 11.8. The molecule has 0 aromatic rings. The predicted octanol–water partition coefficient (Wildman–Crippen LogP) is -0.431. The number of carbonyl (C=O) groups is 2. The molecule has 0 bridgehead atoms. The number of esters is 1. The minimum absolute atomic E-state index is 0.0829. The summed E-state index contributed by atoms with van der Waals surface area (Å²) in [5.41, 5.74) is 0. The van der Waals surface area contributed by atoms with E-state index in [9.17, 15) is 18.0 Å². The van der Waals surface area contributed by atoms with Crippen LogP contribution < -0.4 is 4.72 Å². The Morgan fingerprint density at radius 1 is 1.42 bits per heavy atom. The minimum Gasteiger partial charge on any atom is -0.480 e. The molecular weight excluding hydrogens is 276 g/mol. The van der Waals surface area contributed by atoms with E-state index in [-0.39, 0.29) is 19.4 Å². The summed E-state index contributed by atoms with van der Waals surface area (Å²) in [4.78, 5) is 21.8. The van der Waals surface area contributed by atoms with Crippen LogP contribution in [-0.2, 0) is 24.5 Å². The van der Waals surface area contributed by atoms with Gasteiger partial charge in [-0.15, -0.1) is 0 Å². The van der Waals surface area contributed by atoms with Crippen molar-refractivity contribution in [1.82, 2.24) is 9.03 Å². The lowest BCUT2D eigenvalue weighted by Crippen LogP contribution is -2.47. The van der Waals surface area contributed by atoms with Gasteiger partial charge in [0.15, 0.2) is 0 Å². The Kier molecular flexibility index (Phi) is 7.57. The lowest BCUT2D eigenvalue weighted by Gasteiger charge is -2.20. The van der Waals surface area contributed by atoms with Crippen LogP contribution in [0, 0.1) is 0 Å². The van der Waals surface area contributed by atoms with Gasteiger partial charge in [0.1, 0.15) is 6.04 Å². The van der Waals surface area contributed by atoms with Gasteiger partial charge in [0.25, 0.3) is 10.2 Å². The smallest absolute Gasteiger partial charge is 0.321 e. The number of aliphatic carboxylic acids is 1. The van der Waals surface area contributed by atoms with E-state index in [0.717, 1.165) is 4.31 Å². The van der Waals surface area contributed by atoms with Crippen molar-refractivity contribution in [3.63, 3.8) is 0 Å². The van der Waals surface area contributed by atoms with Crippen LogP contribution in [0.3, 0.4) is 0 Å². The van der Waals surface area contributed by atoms with E-state index in [1.54, 1.807) is 6.92 Å². The number of carbonyl (C=O) groups excluding carboxylic acids is 1. The van der Waals surface area contributed by atoms with Gasteiger partial charge in [0.2, 0.25) is 0 Å². The molecule has 19 heavy (non-hydrogen) atoms. The minimum atomic E-state index is -3.94. The Balaban J connectivity index is 4.58. The zero-order valence-electron chi connectivity index (χ0n) is 11.2. The third-order valence-electron chi connectivity index (χ3n) is 2.44. The lowest BCUT2D eigenvalue weighted by atomic mass is 10.2. The summed E-state index contributed by atoms with van der Waals surface area (Å²) in [6.07, 6.45) is 0.629. The number of carboxylic acids is 1. The molecule has 0 aromatic heterocycles. The molecule has 1 atom stereocenters. The standard InChI is InChI=1S/C10H20N2O6S/c1-4-5-8(10(14)15)11-19(16,17)12(2)7-6-9(13)18-3/h8,11H,4-7H2,1-3H3,(H,14,15). The summed E-state index contributed by atoms with van der Waals surface area (Å²) in [5.74, 6) is -1.77. The van der Waals surface area contributed by atoms with Crippen molar-refractivity contribution < 1.29 is 27.9 Å². The monoisotopic (exact) mass is 296 g/mol. The third-order valence-corrected chi connectivity index (χ3v) is 4.02. The Morgan fingerprint density at radius 2 is 2.00 bits per heavy atom. The predicted molar refractivity (Wildman–Crippen MR) is 67.7 cm³/mol. The van der Waals surface area contributed by atoms with E-state index in [1.165, 1.54) is 14.2 Å². The molecule has 0 amide bonds. The summed E-state index contributed by atoms with van der Waals surface area (Å²) < 4.78 is 31.0. The highest BCUT2D eigenvalue weighted by atomic mass is 32.2. The van der Waals surface area contributed by atoms with Crippen LogP contribution in [0.25, 0.3) is 0 Å². The van der Waals surface area contributed by atoms with Crippen LogP contribution >= 0.6 is 0 Å². The molecule has 1 unspecified atom stereocenters. The Morgan fingerprint density at radius 3 is 2.42 bits per heavy atom. The van der Waals surface area contributed by atoms with Gasteiger partial charge in [-0.1, -0.05) is 13.3 Å². The number of hydrogen-bond donors (Lipinski definition) is 2. The summed E-state index contributed by atoms with van der Waals surface area (Å²) in [7, 11) is -1.47. The van der Waals surface area contributed by atoms with Crippen LogP contribution in [0.5, 0.6) is 0 Å². The molecule has 8 nitrogen and oxygen atoms in total. The quantitative estimate of drug-likeness (QED) is 0.558. The van der Waals surface area contributed by atoms with Gasteiger partial charge in [-0.3, -0.25) is 9.59 Å². The molecule has 0 fully saturated rings. The highest BCUT2D eigenvalue weighted by Gasteiger charge is 2.26. The van der Waals surface area contributed by atoms with E-state index in [2.05, 4.69) is 9.46 Å². The van der Waals surface area contributed by atoms with Crippen molar-refractivity contribution in [2.75, 3.05) is 20.7 Å². The normalized spacial score (nSPS) is 13.3. The van der Waals surface area contributed by atoms with Crippen molar-refractivity contribution in [2.45, 2.75) is 32.2 Å². The Hall–Kier alpha value is -1.19. The molecular formula is C10H20N2O6S. The first kappa shape index (κ1) is 17.8. The molecule has 112 valence electrons. The van der Waals surface area contributed by atoms with Crippen LogP contribution in [-0.4, -0.2) is 56.5 Å². The van der Waals surface area contributed by atoms with Gasteiger partial charge in [-0.25, -0.2) is 0 Å². The van der Waals surface area contributed by atoms with E-state index >= 15 is 0 Å². The summed E-state index contributed by atoms with van der Waals surface area (Å²) >= 11 is 0. The molecule has 0 radical (unpaired) electrons. The maximum Gasteiger partial charge on any atom is 0.321 e. The van der Waals surface area contributed by atoms with Gasteiger partial charge in [0, 0.05) is 13.6 Å². The Bertz CT molecular complexity index is 408. The van der Waals surface area contributed by atoms with Crippen molar-refractivity contribution in [2.24, 2.45) is 0 Å². The fourth-order valence-corrected chi connectivity index (χ4v) is 2.35. The number of carboxylic acid groups (broad SMARTS) is 1. The molecule has 0 saturated carbocycles. The van der Waals surface area contributed by atoms with Gasteiger partial charge in [-0.2, -0.15) is 17.4 Å². The molecule has 0 heterocycles. The molecule has 0 aliphatic carbocycles. The molecule has 0 spiro atoms. The number of rotatable bonds is 9. The molecule has 9 heteroatoms. The summed E-state index contributed by atoms with van der Waals surface area (Å²) in [6, 6.07) is -1.17. The van der Waals surface area contributed by atoms with E-state index in [4.69, 9.17) is 5.11 Å². The second-order valence-corrected chi connectivity index (χ2v) is 5.76. The molecule has 0 saturated heterocycles. The van der Waals surface area contributed by atoms with Crippen LogP contribution in [0.15, 0.2) is 0 Å². The second kappa shape index (κ2) is 8.08. The fraction of sp³-hybridized carbons (Fsp3) is 0.800. The summed E-state index contributed by atoms with van der Waals surface area (Å²) in [6.45, 7) is 1.67. The average molecular weight is 296 g/mol. The van der Waals surface area contributed by atoms with Crippen molar-refractivity contribution >= 4 is 22.1 Å². The molecule has 2 N–H and O–H groups in total. The molecule has 0 aliphatic heterocycles. The molecule has 0 rings (SSSR count). The highest BCUT2D eigenvalue weighted by Crippen LogP contribution is 2.03. The number of hydrogen-bond acceptors (Lipinski definition) is 5. The number of ether oxygens (including phenoxy) is 1. The zero-order valence-corrected chi connectivity index (χ0v) is 12.1. The van der Waals surface area contributed by atoms with Crippen molar-refractivity contribution in [3.05, 3.63) is 0 Å². The number of nitrogens with one attached hydrogen (secondary N) is 1. The largest absolute Gasteiger partial charge is 0.480 e. The first-order chi connectivity index (χ1) is 8.74. The molecule has 0 aliphatic rings. The summed E-state index contributed by atoms with van der Waals surface area (Å²) in [5, 5.41) is 8.89. The average Bonchev–Trinajstić information content (AvgIpc) is 2.34. The van der Waals surface area contributed by atoms with E-state index in [1.807, 2.05) is 0 Å². The van der Waals surface area contributed by atoms with Gasteiger partial charge in [-0.05, 0) is 6.42 Å². The number of methoxy groups -OCH3 is 1. The number of nitrogens with zero attached hydrogens (tertiary/aromatic N) is 1. The highest BCUT2D eigenvalue weighted by molar-refractivity contribution is 7.87. The fourth-order valence-electron chi connectivity index (χ4n) is 1.26. The first-order valence-electron chi connectivity index (χ1n) is 5.77. The first-order valence-corrected chi connectivity index (χ1v) is 7.21. The van der Waals surface area contributed by atoms with Crippen LogP contribution in [0.2, 0.25) is 0 Å². The third kappa shape index (κ3) is 6.50. The Labute approximate surface area is 112 Å². The maximum absolute atomic E-state index is 11.8. The SMILES string of the molecule is CCCC(NS(=O)(=O)N(C)CCC(=O)OC)C(=O)O. The van der Waals surface area contributed by atoms with Gasteiger partial charge in [0.05, 0.1) is 13.5 Å². The van der Waals surface area contributed by atoms with Gasteiger partial charge < -0.3 is 9.84 Å². The van der Waals surface area contributed by atoms with Crippen molar-refractivity contribution in [1.29, 1.82) is 0 Å². The second-order valence-electron chi connectivity index (χ2n) is 3.95. The van der Waals surface area contributed by atoms with Crippen molar-refractivity contribution in [3.8, 4) is 0 Å². The van der Waals surface area contributed by atoms with E-state index in [0.29, 0.717) is 6.42 Å². The van der Waals surface area contributed by atoms with E-state index < -0.39 is 28.2 Å². The molecule has 0 aromatic carbocycles. The lowest BCUT2D eigenvalue weighted by molar-refractivity contribution is -0.141. The van der Waals surface area contributed by atoms with Crippen LogP contribution in [0.4, 0.5) is 0 Å². The van der Waals surface area contributed by atoms with Gasteiger partial charge >= 0.3 is 11.9 Å². The topological polar surface area (TPSA) is 113 Å². The van der Waals surface area contributed by atoms with Crippen LogP contribution in [0.1, 0.15) is 26.2 Å². The zero-order chi connectivity index (χ0) is 15.1.